The van der Waals surface area contributed by atoms with Crippen LogP contribution in [0.1, 0.15) is 47.3 Å². The van der Waals surface area contributed by atoms with E-state index in [9.17, 15) is 18.0 Å². The highest BCUT2D eigenvalue weighted by molar-refractivity contribution is 9.10. The van der Waals surface area contributed by atoms with Gasteiger partial charge in [-0.15, -0.1) is 0 Å². The number of alkyl halides is 3. The maximum absolute atomic E-state index is 13.4. The summed E-state index contributed by atoms with van der Waals surface area (Å²) in [5.74, 6) is -0.584. The van der Waals surface area contributed by atoms with Gasteiger partial charge in [-0.3, -0.25) is 4.79 Å². The SMILES string of the molecule is Nc1ncc(Br)cc1C(=O)c1cc(C(F)(F)F)cc(N2CCCCCC2)n1. The number of nitrogen functional groups attached to an aromatic ring is 1. The van der Waals surface area contributed by atoms with Gasteiger partial charge in [0.05, 0.1) is 11.1 Å². The molecule has 1 saturated heterocycles. The molecule has 1 aliphatic heterocycles. The summed E-state index contributed by atoms with van der Waals surface area (Å²) in [5.41, 5.74) is 4.55. The molecule has 9 heteroatoms. The van der Waals surface area contributed by atoms with Crippen LogP contribution in [0.2, 0.25) is 0 Å². The smallest absolute Gasteiger partial charge is 0.383 e. The Kier molecular flexibility index (Phi) is 5.69. The second kappa shape index (κ2) is 7.84. The number of ketones is 1. The highest BCUT2D eigenvalue weighted by Gasteiger charge is 2.33. The first-order valence-electron chi connectivity index (χ1n) is 8.55. The predicted octanol–water partition coefficient (Wildman–Crippen LogP) is 4.45. The van der Waals surface area contributed by atoms with Crippen LogP contribution in [0.4, 0.5) is 24.8 Å². The fourth-order valence-electron chi connectivity index (χ4n) is 3.03. The van der Waals surface area contributed by atoms with Gasteiger partial charge in [-0.25, -0.2) is 9.97 Å². The van der Waals surface area contributed by atoms with Crippen molar-refractivity contribution in [3.8, 4) is 0 Å². The Hall–Kier alpha value is -2.16. The first-order chi connectivity index (χ1) is 12.8. The van der Waals surface area contributed by atoms with Gasteiger partial charge in [0.15, 0.2) is 0 Å². The second-order valence-corrected chi connectivity index (χ2v) is 7.33. The number of hydrogen-bond acceptors (Lipinski definition) is 5. The highest BCUT2D eigenvalue weighted by atomic mass is 79.9. The van der Waals surface area contributed by atoms with Crippen molar-refractivity contribution in [2.45, 2.75) is 31.9 Å². The Balaban J connectivity index is 2.07. The lowest BCUT2D eigenvalue weighted by atomic mass is 10.1. The third-order valence-corrected chi connectivity index (χ3v) is 4.87. The van der Waals surface area contributed by atoms with Crippen LogP contribution >= 0.6 is 15.9 Å². The minimum atomic E-state index is -4.58. The van der Waals surface area contributed by atoms with Gasteiger partial charge in [0.1, 0.15) is 17.3 Å². The van der Waals surface area contributed by atoms with Gasteiger partial charge in [0.25, 0.3) is 0 Å². The maximum Gasteiger partial charge on any atom is 0.416 e. The summed E-state index contributed by atoms with van der Waals surface area (Å²) in [5, 5.41) is 0. The zero-order valence-electron chi connectivity index (χ0n) is 14.4. The summed E-state index contributed by atoms with van der Waals surface area (Å²) < 4.78 is 40.7. The molecular weight excluding hydrogens is 425 g/mol. The average molecular weight is 443 g/mol. The molecule has 27 heavy (non-hydrogen) atoms. The van der Waals surface area contributed by atoms with Gasteiger partial charge in [0, 0.05) is 23.8 Å². The summed E-state index contributed by atoms with van der Waals surface area (Å²) in [4.78, 5) is 22.7. The Morgan fingerprint density at radius 3 is 2.41 bits per heavy atom. The van der Waals surface area contributed by atoms with Crippen LogP contribution in [-0.4, -0.2) is 28.8 Å². The van der Waals surface area contributed by atoms with Crippen molar-refractivity contribution in [3.63, 3.8) is 0 Å². The molecule has 0 atom stereocenters. The minimum Gasteiger partial charge on any atom is -0.383 e. The molecule has 0 amide bonds. The molecule has 0 unspecified atom stereocenters. The average Bonchev–Trinajstić information content (AvgIpc) is 2.91. The highest BCUT2D eigenvalue weighted by Crippen LogP contribution is 2.33. The summed E-state index contributed by atoms with van der Waals surface area (Å²) in [7, 11) is 0. The van der Waals surface area contributed by atoms with Gasteiger partial charge < -0.3 is 10.6 Å². The molecule has 5 nitrogen and oxygen atoms in total. The molecule has 0 aliphatic carbocycles. The molecule has 0 saturated carbocycles. The summed E-state index contributed by atoms with van der Waals surface area (Å²) in [6, 6.07) is 3.20. The molecule has 1 aliphatic rings. The van der Waals surface area contributed by atoms with E-state index in [0.29, 0.717) is 17.6 Å². The van der Waals surface area contributed by atoms with E-state index in [1.165, 1.54) is 12.3 Å². The monoisotopic (exact) mass is 442 g/mol. The zero-order valence-corrected chi connectivity index (χ0v) is 16.0. The second-order valence-electron chi connectivity index (χ2n) is 6.41. The van der Waals surface area contributed by atoms with Crippen molar-refractivity contribution in [2.24, 2.45) is 0 Å². The number of carbonyl (C=O) groups is 1. The van der Waals surface area contributed by atoms with E-state index in [2.05, 4.69) is 25.9 Å². The number of aromatic nitrogens is 2. The molecule has 2 aromatic heterocycles. The molecular formula is C18H18BrF3N4O. The molecule has 2 N–H and O–H groups in total. The van der Waals surface area contributed by atoms with Crippen LogP contribution in [-0.2, 0) is 6.18 Å². The van der Waals surface area contributed by atoms with Gasteiger partial charge >= 0.3 is 6.18 Å². The zero-order chi connectivity index (χ0) is 19.6. The number of halogens is 4. The standard InChI is InChI=1S/C18H18BrF3N4O/c19-12-9-13(17(23)24-10-12)16(27)14-7-11(18(20,21)22)8-15(25-14)26-5-3-1-2-4-6-26/h7-10H,1-6H2,(H2,23,24). The van der Waals surface area contributed by atoms with Crippen LogP contribution in [0.15, 0.2) is 28.9 Å². The summed E-state index contributed by atoms with van der Waals surface area (Å²) >= 11 is 3.19. The van der Waals surface area contributed by atoms with Gasteiger partial charge in [-0.1, -0.05) is 12.8 Å². The molecule has 1 fully saturated rings. The molecule has 0 spiro atoms. The van der Waals surface area contributed by atoms with E-state index in [1.807, 2.05) is 4.90 Å². The van der Waals surface area contributed by atoms with Crippen LogP contribution < -0.4 is 10.6 Å². The summed E-state index contributed by atoms with van der Waals surface area (Å²) in [6.45, 7) is 1.23. The van der Waals surface area contributed by atoms with Gasteiger partial charge in [0.2, 0.25) is 5.78 Å². The van der Waals surface area contributed by atoms with Gasteiger partial charge in [-0.2, -0.15) is 13.2 Å². The molecule has 0 bridgehead atoms. The first-order valence-corrected chi connectivity index (χ1v) is 9.35. The summed E-state index contributed by atoms with van der Waals surface area (Å²) in [6.07, 6.45) is 0.643. The Morgan fingerprint density at radius 1 is 1.11 bits per heavy atom. The van der Waals surface area contributed by atoms with Crippen molar-refractivity contribution in [2.75, 3.05) is 23.7 Å². The Labute approximate surface area is 162 Å². The van der Waals surface area contributed by atoms with Gasteiger partial charge in [-0.05, 0) is 47.0 Å². The maximum atomic E-state index is 13.4. The van der Waals surface area contributed by atoms with Crippen LogP contribution in [0, 0.1) is 0 Å². The number of anilines is 2. The lowest BCUT2D eigenvalue weighted by Crippen LogP contribution is -2.26. The molecule has 0 aromatic carbocycles. The van der Waals surface area contributed by atoms with Crippen molar-refractivity contribution in [3.05, 3.63) is 45.7 Å². The van der Waals surface area contributed by atoms with E-state index >= 15 is 0 Å². The third-order valence-electron chi connectivity index (χ3n) is 4.43. The number of rotatable bonds is 3. The third kappa shape index (κ3) is 4.58. The minimum absolute atomic E-state index is 0.0121. The number of pyridine rings is 2. The quantitative estimate of drug-likeness (QED) is 0.710. The molecule has 2 aromatic rings. The molecule has 3 heterocycles. The van der Waals surface area contributed by atoms with Crippen LogP contribution in [0.3, 0.4) is 0 Å². The fraction of sp³-hybridized carbons (Fsp3) is 0.389. The van der Waals surface area contributed by atoms with Crippen molar-refractivity contribution in [1.82, 2.24) is 9.97 Å². The normalized spacial score (nSPS) is 15.5. The van der Waals surface area contributed by atoms with E-state index in [4.69, 9.17) is 5.73 Å². The topological polar surface area (TPSA) is 72.1 Å². The number of carbonyl (C=O) groups excluding carboxylic acids is 1. The van der Waals surface area contributed by atoms with Crippen molar-refractivity contribution < 1.29 is 18.0 Å². The van der Waals surface area contributed by atoms with Crippen LogP contribution in [0.5, 0.6) is 0 Å². The predicted molar refractivity (Wildman–Crippen MR) is 99.7 cm³/mol. The molecule has 144 valence electrons. The van der Waals surface area contributed by atoms with Crippen molar-refractivity contribution >= 4 is 33.3 Å². The lowest BCUT2D eigenvalue weighted by Gasteiger charge is -2.23. The van der Waals surface area contributed by atoms with E-state index in [-0.39, 0.29) is 22.9 Å². The van der Waals surface area contributed by atoms with Crippen LogP contribution in [0.25, 0.3) is 0 Å². The van der Waals surface area contributed by atoms with E-state index in [0.717, 1.165) is 37.8 Å². The fourth-order valence-corrected chi connectivity index (χ4v) is 3.36. The van der Waals surface area contributed by atoms with Crippen molar-refractivity contribution in [1.29, 1.82) is 0 Å². The number of nitrogens with zero attached hydrogens (tertiary/aromatic N) is 3. The number of nitrogens with two attached hydrogens (primary N) is 1. The largest absolute Gasteiger partial charge is 0.416 e. The number of hydrogen-bond donors (Lipinski definition) is 1. The molecule has 3 rings (SSSR count). The lowest BCUT2D eigenvalue weighted by molar-refractivity contribution is -0.137. The molecule has 0 radical (unpaired) electrons. The Bertz CT molecular complexity index is 849. The van der Waals surface area contributed by atoms with E-state index in [1.54, 1.807) is 0 Å². The van der Waals surface area contributed by atoms with E-state index < -0.39 is 17.5 Å². The first kappa shape index (κ1) is 19.6. The Morgan fingerprint density at radius 2 is 1.78 bits per heavy atom.